The van der Waals surface area contributed by atoms with Crippen LogP contribution >= 0.6 is 0 Å². The van der Waals surface area contributed by atoms with Crippen molar-refractivity contribution in [2.24, 2.45) is 5.92 Å². The van der Waals surface area contributed by atoms with Crippen molar-refractivity contribution in [1.82, 2.24) is 4.31 Å². The van der Waals surface area contributed by atoms with E-state index in [1.54, 1.807) is 24.3 Å². The summed E-state index contributed by atoms with van der Waals surface area (Å²) in [6.45, 7) is 2.50. The first-order chi connectivity index (χ1) is 10.00. The fraction of sp³-hybridized carbons (Fsp3) is 0.600. The molecule has 1 saturated carbocycles. The second-order valence-corrected chi connectivity index (χ2v) is 7.76. The average molecular weight is 312 g/mol. The third kappa shape index (κ3) is 4.98. The predicted molar refractivity (Wildman–Crippen MR) is 84.0 cm³/mol. The molecule has 1 aromatic rings. The van der Waals surface area contributed by atoms with Gasteiger partial charge in [-0.3, -0.25) is 0 Å². The van der Waals surface area contributed by atoms with Crippen molar-refractivity contribution in [3.05, 3.63) is 24.3 Å². The van der Waals surface area contributed by atoms with Gasteiger partial charge in [0.2, 0.25) is 10.0 Å². The molecule has 0 saturated heterocycles. The minimum atomic E-state index is -3.34. The van der Waals surface area contributed by atoms with Crippen molar-refractivity contribution < 1.29 is 13.2 Å². The number of sulfonamides is 1. The summed E-state index contributed by atoms with van der Waals surface area (Å²) < 4.78 is 30.6. The van der Waals surface area contributed by atoms with Crippen LogP contribution in [0.5, 0.6) is 0 Å². The molecule has 1 aliphatic rings. The SMILES string of the molecule is CN(C)S(=O)(=O)c1ccc(NCCCOCC2CC2)cc1. The molecule has 21 heavy (non-hydrogen) atoms. The van der Waals surface area contributed by atoms with Crippen molar-refractivity contribution in [1.29, 1.82) is 0 Å². The first-order valence-electron chi connectivity index (χ1n) is 7.34. The number of rotatable bonds is 9. The Morgan fingerprint density at radius 2 is 1.90 bits per heavy atom. The monoisotopic (exact) mass is 312 g/mol. The van der Waals surface area contributed by atoms with E-state index in [0.717, 1.165) is 37.8 Å². The van der Waals surface area contributed by atoms with Crippen molar-refractivity contribution >= 4 is 15.7 Å². The van der Waals surface area contributed by atoms with E-state index in [-0.39, 0.29) is 0 Å². The van der Waals surface area contributed by atoms with Crippen LogP contribution in [0.4, 0.5) is 5.69 Å². The van der Waals surface area contributed by atoms with E-state index in [9.17, 15) is 8.42 Å². The molecule has 0 radical (unpaired) electrons. The van der Waals surface area contributed by atoms with Gasteiger partial charge in [-0.05, 0) is 49.4 Å². The molecular formula is C15H24N2O3S. The molecule has 0 unspecified atom stereocenters. The molecule has 1 N–H and O–H groups in total. The van der Waals surface area contributed by atoms with Gasteiger partial charge in [0.15, 0.2) is 0 Å². The summed E-state index contributed by atoms with van der Waals surface area (Å²) in [5.41, 5.74) is 0.926. The molecule has 1 aromatic carbocycles. The topological polar surface area (TPSA) is 58.6 Å². The highest BCUT2D eigenvalue weighted by Crippen LogP contribution is 2.28. The number of hydrogen-bond donors (Lipinski definition) is 1. The van der Waals surface area contributed by atoms with Gasteiger partial charge in [0.05, 0.1) is 4.90 Å². The van der Waals surface area contributed by atoms with E-state index in [0.29, 0.717) is 4.90 Å². The summed E-state index contributed by atoms with van der Waals surface area (Å²) in [7, 11) is -0.281. The maximum Gasteiger partial charge on any atom is 0.242 e. The van der Waals surface area contributed by atoms with Gasteiger partial charge in [-0.15, -0.1) is 0 Å². The number of anilines is 1. The first-order valence-corrected chi connectivity index (χ1v) is 8.78. The first kappa shape index (κ1) is 16.3. The van der Waals surface area contributed by atoms with Gasteiger partial charge in [-0.25, -0.2) is 12.7 Å². The maximum absolute atomic E-state index is 11.9. The summed E-state index contributed by atoms with van der Waals surface area (Å²) >= 11 is 0. The third-order valence-electron chi connectivity index (χ3n) is 3.48. The number of hydrogen-bond acceptors (Lipinski definition) is 4. The Bertz CT molecular complexity index is 537. The van der Waals surface area contributed by atoms with Gasteiger partial charge in [0, 0.05) is 39.5 Å². The Balaban J connectivity index is 1.71. The van der Waals surface area contributed by atoms with Crippen LogP contribution in [0, 0.1) is 5.92 Å². The van der Waals surface area contributed by atoms with E-state index in [2.05, 4.69) is 5.32 Å². The van der Waals surface area contributed by atoms with Crippen LogP contribution in [0.25, 0.3) is 0 Å². The Hall–Kier alpha value is -1.11. The Labute approximate surface area is 127 Å². The van der Waals surface area contributed by atoms with Gasteiger partial charge in [0.1, 0.15) is 0 Å². The van der Waals surface area contributed by atoms with E-state index in [4.69, 9.17) is 4.74 Å². The molecule has 0 spiro atoms. The lowest BCUT2D eigenvalue weighted by Crippen LogP contribution is -2.22. The number of nitrogens with one attached hydrogen (secondary N) is 1. The van der Waals surface area contributed by atoms with Crippen LogP contribution in [0.2, 0.25) is 0 Å². The average Bonchev–Trinajstić information content (AvgIpc) is 3.27. The fourth-order valence-electron chi connectivity index (χ4n) is 1.90. The van der Waals surface area contributed by atoms with E-state index < -0.39 is 10.0 Å². The molecule has 0 atom stereocenters. The summed E-state index contributed by atoms with van der Waals surface area (Å²) in [4.78, 5) is 0.311. The highest BCUT2D eigenvalue weighted by Gasteiger charge is 2.20. The standard InChI is InChI=1S/C15H24N2O3S/c1-17(2)21(18,19)15-8-6-14(7-9-15)16-10-3-11-20-12-13-4-5-13/h6-9,13,16H,3-5,10-12H2,1-2H3. The summed E-state index contributed by atoms with van der Waals surface area (Å²) in [6.07, 6.45) is 3.59. The van der Waals surface area contributed by atoms with Crippen LogP contribution in [0.3, 0.4) is 0 Å². The van der Waals surface area contributed by atoms with Gasteiger partial charge in [-0.1, -0.05) is 0 Å². The van der Waals surface area contributed by atoms with Crippen molar-refractivity contribution in [2.75, 3.05) is 39.2 Å². The summed E-state index contributed by atoms with van der Waals surface area (Å²) in [5, 5.41) is 3.27. The molecule has 5 nitrogen and oxygen atoms in total. The largest absolute Gasteiger partial charge is 0.385 e. The molecule has 1 aliphatic carbocycles. The zero-order valence-corrected chi connectivity index (χ0v) is 13.5. The maximum atomic E-state index is 11.9. The van der Waals surface area contributed by atoms with Crippen molar-refractivity contribution in [3.63, 3.8) is 0 Å². The Kier molecular flexibility index (Phi) is 5.61. The van der Waals surface area contributed by atoms with Crippen LogP contribution in [0.1, 0.15) is 19.3 Å². The van der Waals surface area contributed by atoms with Crippen LogP contribution in [-0.4, -0.2) is 46.6 Å². The highest BCUT2D eigenvalue weighted by atomic mass is 32.2. The van der Waals surface area contributed by atoms with Gasteiger partial charge < -0.3 is 10.1 Å². The Morgan fingerprint density at radius 1 is 1.24 bits per heavy atom. The molecule has 0 heterocycles. The number of nitrogens with zero attached hydrogens (tertiary/aromatic N) is 1. The van der Waals surface area contributed by atoms with E-state index >= 15 is 0 Å². The lowest BCUT2D eigenvalue weighted by molar-refractivity contribution is 0.124. The minimum absolute atomic E-state index is 0.311. The van der Waals surface area contributed by atoms with Gasteiger partial charge in [-0.2, -0.15) is 0 Å². The number of benzene rings is 1. The molecule has 0 aliphatic heterocycles. The highest BCUT2D eigenvalue weighted by molar-refractivity contribution is 7.89. The summed E-state index contributed by atoms with van der Waals surface area (Å²) in [5.74, 6) is 0.809. The van der Waals surface area contributed by atoms with Crippen molar-refractivity contribution in [2.45, 2.75) is 24.2 Å². The fourth-order valence-corrected chi connectivity index (χ4v) is 2.80. The van der Waals surface area contributed by atoms with E-state index in [1.807, 2.05) is 0 Å². The molecule has 0 aromatic heterocycles. The zero-order chi connectivity index (χ0) is 15.3. The quantitative estimate of drug-likeness (QED) is 0.710. The smallest absolute Gasteiger partial charge is 0.242 e. The minimum Gasteiger partial charge on any atom is -0.385 e. The third-order valence-corrected chi connectivity index (χ3v) is 5.31. The van der Waals surface area contributed by atoms with Gasteiger partial charge in [0.25, 0.3) is 0 Å². The molecule has 6 heteroatoms. The predicted octanol–water partition coefficient (Wildman–Crippen LogP) is 2.17. The molecule has 2 rings (SSSR count). The molecule has 0 bridgehead atoms. The van der Waals surface area contributed by atoms with Gasteiger partial charge >= 0.3 is 0 Å². The lowest BCUT2D eigenvalue weighted by atomic mass is 10.3. The molecule has 1 fully saturated rings. The summed E-state index contributed by atoms with van der Waals surface area (Å²) in [6, 6.07) is 6.84. The van der Waals surface area contributed by atoms with Crippen LogP contribution in [-0.2, 0) is 14.8 Å². The Morgan fingerprint density at radius 3 is 2.48 bits per heavy atom. The van der Waals surface area contributed by atoms with Crippen molar-refractivity contribution in [3.8, 4) is 0 Å². The normalized spacial score (nSPS) is 15.4. The second-order valence-electron chi connectivity index (χ2n) is 5.61. The second kappa shape index (κ2) is 7.24. The van der Waals surface area contributed by atoms with E-state index in [1.165, 1.54) is 31.2 Å². The molecular weight excluding hydrogens is 288 g/mol. The number of ether oxygens (including phenoxy) is 1. The zero-order valence-electron chi connectivity index (χ0n) is 12.7. The molecule has 118 valence electrons. The lowest BCUT2D eigenvalue weighted by Gasteiger charge is -2.12. The van der Waals surface area contributed by atoms with Crippen LogP contribution < -0.4 is 5.32 Å². The molecule has 0 amide bonds. The van der Waals surface area contributed by atoms with Crippen LogP contribution in [0.15, 0.2) is 29.2 Å².